The summed E-state index contributed by atoms with van der Waals surface area (Å²) in [5, 5.41) is 0. The van der Waals surface area contributed by atoms with Gasteiger partial charge in [-0.05, 0) is 24.3 Å². The third-order valence-electron chi connectivity index (χ3n) is 2.76. The molecule has 0 N–H and O–H groups in total. The molecule has 0 spiro atoms. The van der Waals surface area contributed by atoms with Crippen LogP contribution in [0.2, 0.25) is 0 Å². The Morgan fingerprint density at radius 1 is 1.15 bits per heavy atom. The van der Waals surface area contributed by atoms with E-state index in [1.54, 1.807) is 6.07 Å². The number of benzene rings is 2. The van der Waals surface area contributed by atoms with E-state index >= 15 is 0 Å². The van der Waals surface area contributed by atoms with Crippen LogP contribution in [-0.4, -0.2) is 13.4 Å². The van der Waals surface area contributed by atoms with Gasteiger partial charge in [0.1, 0.15) is 18.2 Å². The minimum atomic E-state index is -0.663. The van der Waals surface area contributed by atoms with Crippen LogP contribution in [0.4, 0.5) is 8.78 Å². The average molecular weight is 278 g/mol. The maximum Gasteiger partial charge on any atom is 0.165 e. The highest BCUT2D eigenvalue weighted by molar-refractivity contribution is 5.79. The van der Waals surface area contributed by atoms with Crippen molar-refractivity contribution in [1.82, 2.24) is 0 Å². The van der Waals surface area contributed by atoms with Crippen LogP contribution in [-0.2, 0) is 6.61 Å². The molecule has 0 aromatic heterocycles. The fourth-order valence-corrected chi connectivity index (χ4v) is 1.69. The smallest absolute Gasteiger partial charge is 0.165 e. The molecule has 0 radical (unpaired) electrons. The number of ether oxygens (including phenoxy) is 2. The number of carbonyl (C=O) groups excluding carboxylic acids is 1. The van der Waals surface area contributed by atoms with E-state index in [4.69, 9.17) is 9.47 Å². The van der Waals surface area contributed by atoms with Gasteiger partial charge in [-0.15, -0.1) is 0 Å². The maximum atomic E-state index is 13.7. The number of para-hydroxylation sites is 1. The largest absolute Gasteiger partial charge is 0.497 e. The molecule has 0 fully saturated rings. The lowest BCUT2D eigenvalue weighted by Crippen LogP contribution is -2.02. The Kier molecular flexibility index (Phi) is 4.30. The fraction of sp³-hybridized carbons (Fsp3) is 0.133. The van der Waals surface area contributed by atoms with Crippen molar-refractivity contribution < 1.29 is 23.0 Å². The number of methoxy groups -OCH3 is 1. The summed E-state index contributed by atoms with van der Waals surface area (Å²) in [5.74, 6) is -0.986. The number of aldehydes is 1. The molecule has 0 aliphatic carbocycles. The number of rotatable bonds is 5. The molecule has 104 valence electrons. The lowest BCUT2D eigenvalue weighted by atomic mass is 10.2. The Balaban J connectivity index is 2.19. The first-order valence-corrected chi connectivity index (χ1v) is 5.84. The van der Waals surface area contributed by atoms with E-state index in [0.717, 1.165) is 0 Å². The molecular formula is C15H12F2O3. The first-order valence-electron chi connectivity index (χ1n) is 5.84. The monoisotopic (exact) mass is 278 g/mol. The minimum Gasteiger partial charge on any atom is -0.497 e. The zero-order valence-electron chi connectivity index (χ0n) is 10.7. The quantitative estimate of drug-likeness (QED) is 0.787. The van der Waals surface area contributed by atoms with E-state index in [2.05, 4.69) is 0 Å². The van der Waals surface area contributed by atoms with Crippen LogP contribution in [0.25, 0.3) is 0 Å². The molecule has 2 aromatic rings. The summed E-state index contributed by atoms with van der Waals surface area (Å²) < 4.78 is 37.4. The molecule has 3 nitrogen and oxygen atoms in total. The van der Waals surface area contributed by atoms with E-state index < -0.39 is 11.6 Å². The maximum absolute atomic E-state index is 13.7. The summed E-state index contributed by atoms with van der Waals surface area (Å²) >= 11 is 0. The van der Waals surface area contributed by atoms with Gasteiger partial charge in [-0.1, -0.05) is 6.07 Å². The van der Waals surface area contributed by atoms with Crippen LogP contribution in [0.5, 0.6) is 11.5 Å². The molecule has 20 heavy (non-hydrogen) atoms. The third kappa shape index (κ3) is 2.93. The molecule has 0 unspecified atom stereocenters. The normalized spacial score (nSPS) is 10.2. The predicted octanol–water partition coefficient (Wildman–Crippen LogP) is 3.36. The van der Waals surface area contributed by atoms with Gasteiger partial charge in [0.25, 0.3) is 0 Å². The minimum absolute atomic E-state index is 0.0823. The van der Waals surface area contributed by atoms with Crippen LogP contribution < -0.4 is 9.47 Å². The van der Waals surface area contributed by atoms with Crippen LogP contribution in [0, 0.1) is 11.6 Å². The fourth-order valence-electron chi connectivity index (χ4n) is 1.69. The van der Waals surface area contributed by atoms with Gasteiger partial charge in [0.15, 0.2) is 17.9 Å². The zero-order chi connectivity index (χ0) is 14.5. The van der Waals surface area contributed by atoms with Crippen molar-refractivity contribution in [2.24, 2.45) is 0 Å². The molecule has 2 aromatic carbocycles. The molecule has 0 amide bonds. The number of hydrogen-bond donors (Lipinski definition) is 0. The van der Waals surface area contributed by atoms with Gasteiger partial charge in [-0.3, -0.25) is 4.79 Å². The lowest BCUT2D eigenvalue weighted by molar-refractivity contribution is 0.111. The molecule has 0 saturated heterocycles. The van der Waals surface area contributed by atoms with Crippen molar-refractivity contribution in [3.05, 3.63) is 59.2 Å². The predicted molar refractivity (Wildman–Crippen MR) is 69.1 cm³/mol. The van der Waals surface area contributed by atoms with Crippen molar-refractivity contribution in [1.29, 1.82) is 0 Å². The van der Waals surface area contributed by atoms with Crippen LogP contribution >= 0.6 is 0 Å². The lowest BCUT2D eigenvalue weighted by Gasteiger charge is -2.10. The van der Waals surface area contributed by atoms with E-state index in [1.807, 2.05) is 0 Å². The number of carbonyl (C=O) groups is 1. The summed E-state index contributed by atoms with van der Waals surface area (Å²) in [6, 6.07) is 8.27. The van der Waals surface area contributed by atoms with E-state index in [1.165, 1.54) is 37.4 Å². The Morgan fingerprint density at radius 3 is 2.60 bits per heavy atom. The molecule has 2 rings (SSSR count). The van der Waals surface area contributed by atoms with E-state index in [-0.39, 0.29) is 23.5 Å². The highest BCUT2D eigenvalue weighted by Crippen LogP contribution is 2.23. The highest BCUT2D eigenvalue weighted by Gasteiger charge is 2.11. The average Bonchev–Trinajstić information content (AvgIpc) is 2.46. The van der Waals surface area contributed by atoms with Crippen LogP contribution in [0.15, 0.2) is 36.4 Å². The second kappa shape index (κ2) is 6.14. The summed E-state index contributed by atoms with van der Waals surface area (Å²) in [7, 11) is 1.43. The summed E-state index contributed by atoms with van der Waals surface area (Å²) in [6.45, 7) is -0.183. The topological polar surface area (TPSA) is 35.5 Å². The Morgan fingerprint density at radius 2 is 1.95 bits per heavy atom. The second-order valence-electron chi connectivity index (χ2n) is 4.02. The van der Waals surface area contributed by atoms with Crippen LogP contribution in [0.3, 0.4) is 0 Å². The van der Waals surface area contributed by atoms with E-state index in [0.29, 0.717) is 12.0 Å². The molecule has 0 aliphatic heterocycles. The number of halogens is 2. The third-order valence-corrected chi connectivity index (χ3v) is 2.76. The van der Waals surface area contributed by atoms with Gasteiger partial charge in [-0.25, -0.2) is 8.78 Å². The molecular weight excluding hydrogens is 266 g/mol. The van der Waals surface area contributed by atoms with Gasteiger partial charge < -0.3 is 9.47 Å². The molecule has 5 heteroatoms. The first kappa shape index (κ1) is 14.0. The van der Waals surface area contributed by atoms with Crippen molar-refractivity contribution in [3.8, 4) is 11.5 Å². The zero-order valence-corrected chi connectivity index (χ0v) is 10.7. The van der Waals surface area contributed by atoms with Crippen molar-refractivity contribution in [2.45, 2.75) is 6.61 Å². The van der Waals surface area contributed by atoms with Gasteiger partial charge in [0.2, 0.25) is 0 Å². The van der Waals surface area contributed by atoms with Crippen molar-refractivity contribution in [2.75, 3.05) is 7.11 Å². The van der Waals surface area contributed by atoms with Gasteiger partial charge >= 0.3 is 0 Å². The molecule has 0 saturated carbocycles. The molecule has 0 atom stereocenters. The van der Waals surface area contributed by atoms with Crippen molar-refractivity contribution >= 4 is 6.29 Å². The van der Waals surface area contributed by atoms with Gasteiger partial charge in [-0.2, -0.15) is 0 Å². The Hall–Kier alpha value is -2.43. The Labute approximate surface area is 114 Å². The summed E-state index contributed by atoms with van der Waals surface area (Å²) in [6.07, 6.45) is 0.489. The molecule has 0 aliphatic rings. The first-order chi connectivity index (χ1) is 9.65. The molecule has 0 heterocycles. The highest BCUT2D eigenvalue weighted by atomic mass is 19.1. The van der Waals surface area contributed by atoms with Gasteiger partial charge in [0, 0.05) is 11.6 Å². The number of hydrogen-bond acceptors (Lipinski definition) is 3. The van der Waals surface area contributed by atoms with Crippen LogP contribution in [0.1, 0.15) is 15.9 Å². The van der Waals surface area contributed by atoms with Gasteiger partial charge in [0.05, 0.1) is 12.7 Å². The summed E-state index contributed by atoms with van der Waals surface area (Å²) in [4.78, 5) is 10.8. The SMILES string of the molecule is COc1ccc(COc2c(F)cccc2C=O)c(F)c1. The standard InChI is InChI=1S/C15H12F2O3/c1-19-12-6-5-11(14(17)7-12)9-20-15-10(8-18)3-2-4-13(15)16/h2-8H,9H2,1H3. The van der Waals surface area contributed by atoms with Crippen molar-refractivity contribution in [3.63, 3.8) is 0 Å². The summed E-state index contributed by atoms with van der Waals surface area (Å²) in [5.41, 5.74) is 0.324. The second-order valence-corrected chi connectivity index (χ2v) is 4.02. The van der Waals surface area contributed by atoms with E-state index in [9.17, 15) is 13.6 Å². The Bertz CT molecular complexity index is 627. The molecule has 0 bridgehead atoms.